The van der Waals surface area contributed by atoms with Crippen molar-refractivity contribution in [3.05, 3.63) is 0 Å². The molecule has 9 heteroatoms. The number of ether oxygens (including phenoxy) is 6. The van der Waals surface area contributed by atoms with Gasteiger partial charge in [-0.15, -0.1) is 0 Å². The van der Waals surface area contributed by atoms with E-state index in [-0.39, 0.29) is 68.3 Å². The van der Waals surface area contributed by atoms with Gasteiger partial charge in [0.2, 0.25) is 0 Å². The third-order valence-corrected chi connectivity index (χ3v) is 9.06. The van der Waals surface area contributed by atoms with E-state index in [0.29, 0.717) is 38.1 Å². The number of aliphatic hydroxyl groups excluding tert-OH is 3. The second-order valence-corrected chi connectivity index (χ2v) is 13.4. The monoisotopic (exact) mass is 699 g/mol. The first-order chi connectivity index (χ1) is 20.2. The lowest BCUT2D eigenvalue weighted by atomic mass is 9.86. The van der Waals surface area contributed by atoms with Crippen LogP contribution in [0.3, 0.4) is 0 Å². The predicted octanol–water partition coefficient (Wildman–Crippen LogP) is 8.38. The SMILES string of the molecule is C.C.C.C.C.C.CC1CO1.CC1CO1.CC1CO1.CCC(COC1CCCCC1O)(COC1CCCCC1O)COC1CCCCC1O. The van der Waals surface area contributed by atoms with Crippen LogP contribution >= 0.6 is 0 Å². The summed E-state index contributed by atoms with van der Waals surface area (Å²) >= 11 is 0. The molecule has 48 heavy (non-hydrogen) atoms. The van der Waals surface area contributed by atoms with Crippen molar-refractivity contribution in [2.45, 2.75) is 211 Å². The molecule has 0 radical (unpaired) electrons. The highest BCUT2D eigenvalue weighted by atomic mass is 16.6. The Morgan fingerprint density at radius 2 is 0.688 bits per heavy atom. The van der Waals surface area contributed by atoms with E-state index in [0.717, 1.165) is 103 Å². The fourth-order valence-electron chi connectivity index (χ4n) is 5.39. The standard InChI is InChI=1S/C24H44O6.3C3H6O.6CH4/c1-2-24(15-28-21-12-6-3-9-18(21)25,16-29-22-13-7-4-10-19(22)26)17-30-23-14-8-5-11-20(23)27;3*1-3-2-4-3;;;;;;/h18-23,25-27H,2-17H2,1H3;3*3H,2H2,1H3;6*1H4. The van der Waals surface area contributed by atoms with E-state index >= 15 is 0 Å². The zero-order valence-corrected chi connectivity index (χ0v) is 26.9. The molecule has 3 aliphatic carbocycles. The lowest BCUT2D eigenvalue weighted by Gasteiger charge is -2.39. The maximum atomic E-state index is 10.3. The molecule has 0 spiro atoms. The van der Waals surface area contributed by atoms with Gasteiger partial charge in [-0.05, 0) is 65.7 Å². The molecule has 3 aliphatic heterocycles. The molecule has 3 N–H and O–H groups in total. The van der Waals surface area contributed by atoms with Crippen LogP contribution in [-0.2, 0) is 28.4 Å². The summed E-state index contributed by atoms with van der Waals surface area (Å²) in [5.41, 5.74) is -0.342. The van der Waals surface area contributed by atoms with Crippen molar-refractivity contribution in [2.75, 3.05) is 39.6 Å². The van der Waals surface area contributed by atoms with E-state index in [9.17, 15) is 15.3 Å². The average Bonchev–Trinajstić information content (AvgIpc) is 3.89. The summed E-state index contributed by atoms with van der Waals surface area (Å²) in [5, 5.41) is 31.0. The minimum absolute atomic E-state index is 0. The van der Waals surface area contributed by atoms with Crippen LogP contribution in [0.1, 0.15) is 156 Å². The summed E-state index contributed by atoms with van der Waals surface area (Å²) in [6.07, 6.45) is 12.6. The Morgan fingerprint density at radius 1 is 0.479 bits per heavy atom. The maximum absolute atomic E-state index is 10.3. The van der Waals surface area contributed by atoms with Gasteiger partial charge in [0.1, 0.15) is 0 Å². The first-order valence-electron chi connectivity index (χ1n) is 16.9. The largest absolute Gasteiger partial charge is 0.390 e. The Hall–Kier alpha value is -0.360. The van der Waals surface area contributed by atoms with Gasteiger partial charge in [0.05, 0.1) is 94.6 Å². The Kier molecular flexibility index (Phi) is 33.1. The molecule has 9 unspecified atom stereocenters. The molecule has 0 bridgehead atoms. The van der Waals surface area contributed by atoms with Gasteiger partial charge >= 0.3 is 0 Å². The van der Waals surface area contributed by atoms with Crippen molar-refractivity contribution in [3.8, 4) is 0 Å². The van der Waals surface area contributed by atoms with Gasteiger partial charge in [0.15, 0.2) is 0 Å². The van der Waals surface area contributed by atoms with Crippen molar-refractivity contribution in [2.24, 2.45) is 5.41 Å². The average molecular weight is 699 g/mol. The number of hydrogen-bond donors (Lipinski definition) is 3. The first-order valence-corrected chi connectivity index (χ1v) is 16.9. The van der Waals surface area contributed by atoms with E-state index in [1.165, 1.54) is 0 Å². The number of aliphatic hydroxyl groups is 3. The smallest absolute Gasteiger partial charge is 0.0834 e. The van der Waals surface area contributed by atoms with Crippen molar-refractivity contribution >= 4 is 0 Å². The second-order valence-electron chi connectivity index (χ2n) is 13.4. The van der Waals surface area contributed by atoms with Crippen LogP contribution < -0.4 is 0 Å². The van der Waals surface area contributed by atoms with Crippen LogP contribution in [0.2, 0.25) is 0 Å². The molecule has 0 aromatic heterocycles. The molecule has 9 atom stereocenters. The highest BCUT2D eigenvalue weighted by molar-refractivity contribution is 4.85. The summed E-state index contributed by atoms with van der Waals surface area (Å²) < 4.78 is 32.9. The quantitative estimate of drug-likeness (QED) is 0.193. The Balaban J connectivity index is -0.000000451. The molecule has 3 saturated carbocycles. The summed E-state index contributed by atoms with van der Waals surface area (Å²) in [6, 6.07) is 0. The van der Waals surface area contributed by atoms with Gasteiger partial charge in [-0.3, -0.25) is 0 Å². The number of epoxide rings is 3. The lowest BCUT2D eigenvalue weighted by molar-refractivity contribution is -0.161. The van der Waals surface area contributed by atoms with E-state index in [4.69, 9.17) is 28.4 Å². The van der Waals surface area contributed by atoms with Crippen LogP contribution in [-0.4, -0.2) is 110 Å². The van der Waals surface area contributed by atoms with Crippen LogP contribution in [0.4, 0.5) is 0 Å². The van der Waals surface area contributed by atoms with E-state index in [1.807, 2.05) is 0 Å². The van der Waals surface area contributed by atoms with E-state index in [1.54, 1.807) is 0 Å². The Bertz CT molecular complexity index is 611. The fourth-order valence-corrected chi connectivity index (χ4v) is 5.39. The maximum Gasteiger partial charge on any atom is 0.0834 e. The highest BCUT2D eigenvalue weighted by Gasteiger charge is 2.37. The predicted molar refractivity (Wildman–Crippen MR) is 202 cm³/mol. The summed E-state index contributed by atoms with van der Waals surface area (Å²) in [7, 11) is 0. The lowest BCUT2D eigenvalue weighted by Crippen LogP contribution is -2.45. The van der Waals surface area contributed by atoms with Crippen molar-refractivity contribution in [3.63, 3.8) is 0 Å². The van der Waals surface area contributed by atoms with Crippen molar-refractivity contribution in [1.29, 1.82) is 0 Å². The normalized spacial score (nSPS) is 33.4. The van der Waals surface area contributed by atoms with E-state index < -0.39 is 18.3 Å². The minimum atomic E-state index is -0.393. The third kappa shape index (κ3) is 23.2. The molecule has 3 saturated heterocycles. The fraction of sp³-hybridized carbons (Fsp3) is 1.00. The molecular weight excluding hydrogens is 612 g/mol. The molecule has 296 valence electrons. The second kappa shape index (κ2) is 29.2. The summed E-state index contributed by atoms with van der Waals surface area (Å²) in [5.74, 6) is 0. The van der Waals surface area contributed by atoms with Gasteiger partial charge in [-0.25, -0.2) is 0 Å². The molecule has 0 aromatic rings. The van der Waals surface area contributed by atoms with Gasteiger partial charge in [-0.2, -0.15) is 0 Å². The highest BCUT2D eigenvalue weighted by Crippen LogP contribution is 2.32. The van der Waals surface area contributed by atoms with Gasteiger partial charge in [0.25, 0.3) is 0 Å². The Labute approximate surface area is 299 Å². The van der Waals surface area contributed by atoms with Crippen LogP contribution in [0.15, 0.2) is 0 Å². The Morgan fingerprint density at radius 3 is 0.854 bits per heavy atom. The van der Waals surface area contributed by atoms with Gasteiger partial charge in [0, 0.05) is 5.41 Å². The molecule has 6 rings (SSSR count). The van der Waals surface area contributed by atoms with Crippen LogP contribution in [0.25, 0.3) is 0 Å². The molecule has 9 nitrogen and oxygen atoms in total. The van der Waals surface area contributed by atoms with Gasteiger partial charge in [-0.1, -0.05) is 90.0 Å². The number of rotatable bonds is 10. The zero-order valence-electron chi connectivity index (χ0n) is 26.9. The molecular formula is C39H86O9. The van der Waals surface area contributed by atoms with Crippen molar-refractivity contribution < 1.29 is 43.7 Å². The third-order valence-electron chi connectivity index (χ3n) is 9.06. The number of hydrogen-bond acceptors (Lipinski definition) is 9. The molecule has 3 heterocycles. The van der Waals surface area contributed by atoms with Gasteiger partial charge < -0.3 is 43.7 Å². The molecule has 6 fully saturated rings. The van der Waals surface area contributed by atoms with Crippen LogP contribution in [0.5, 0.6) is 0 Å². The molecule has 0 amide bonds. The molecule has 0 aromatic carbocycles. The zero-order chi connectivity index (χ0) is 30.4. The van der Waals surface area contributed by atoms with E-state index in [2.05, 4.69) is 27.7 Å². The van der Waals surface area contributed by atoms with Crippen LogP contribution in [0, 0.1) is 5.41 Å². The molecule has 6 aliphatic rings. The minimum Gasteiger partial charge on any atom is -0.390 e. The van der Waals surface area contributed by atoms with Crippen molar-refractivity contribution in [1.82, 2.24) is 0 Å². The summed E-state index contributed by atoms with van der Waals surface area (Å²) in [6.45, 7) is 12.7. The first kappa shape index (κ1) is 54.4. The summed E-state index contributed by atoms with van der Waals surface area (Å²) in [4.78, 5) is 0. The topological polar surface area (TPSA) is 126 Å².